The van der Waals surface area contributed by atoms with Gasteiger partial charge in [-0.1, -0.05) is 12.1 Å². The van der Waals surface area contributed by atoms with Gasteiger partial charge in [0.15, 0.2) is 34.8 Å². The minimum Gasteiger partial charge on any atom is -0.293 e. The number of nitrogens with zero attached hydrogens (tertiary/aromatic N) is 1. The normalized spacial score (nSPS) is 16.3. The first-order chi connectivity index (χ1) is 11.8. The van der Waals surface area contributed by atoms with Gasteiger partial charge in [0.1, 0.15) is 11.6 Å². The van der Waals surface area contributed by atoms with Crippen LogP contribution in [0.3, 0.4) is 0 Å². The minimum atomic E-state index is -2.19. The molecule has 0 radical (unpaired) electrons. The van der Waals surface area contributed by atoms with Gasteiger partial charge in [-0.05, 0) is 12.1 Å². The summed E-state index contributed by atoms with van der Waals surface area (Å²) in [5, 5.41) is 0. The van der Waals surface area contributed by atoms with Crippen LogP contribution in [0.15, 0.2) is 29.3 Å². The molecule has 25 heavy (non-hydrogen) atoms. The molecule has 1 aliphatic carbocycles. The van der Waals surface area contributed by atoms with Crippen molar-refractivity contribution in [3.8, 4) is 0 Å². The van der Waals surface area contributed by atoms with Crippen LogP contribution in [0.25, 0.3) is 0 Å². The van der Waals surface area contributed by atoms with Gasteiger partial charge < -0.3 is 0 Å². The topological polar surface area (TPSA) is 63.6 Å². The van der Waals surface area contributed by atoms with E-state index in [0.717, 1.165) is 0 Å². The second kappa shape index (κ2) is 4.92. The maximum Gasteiger partial charge on any atom is 0.210 e. The molecule has 4 nitrogen and oxygen atoms in total. The molecule has 0 saturated carbocycles. The van der Waals surface area contributed by atoms with E-state index in [1.165, 1.54) is 18.2 Å². The van der Waals surface area contributed by atoms with Crippen molar-refractivity contribution >= 4 is 28.7 Å². The monoisotopic (exact) mass is 347 g/mol. The van der Waals surface area contributed by atoms with Crippen LogP contribution in [0.5, 0.6) is 0 Å². The number of carbonyl (C=O) groups is 3. The Hall–Kier alpha value is -3.16. The van der Waals surface area contributed by atoms with E-state index in [1.54, 1.807) is 6.07 Å². The molecule has 2 aromatic carbocycles. The summed E-state index contributed by atoms with van der Waals surface area (Å²) in [6, 6.07) is 5.96. The Labute approximate surface area is 136 Å². The van der Waals surface area contributed by atoms with E-state index in [2.05, 4.69) is 4.99 Å². The average molecular weight is 347 g/mol. The van der Waals surface area contributed by atoms with Gasteiger partial charge in [0.2, 0.25) is 5.78 Å². The van der Waals surface area contributed by atoms with Crippen LogP contribution in [0.4, 0.5) is 23.2 Å². The number of rotatable bonds is 1. The second-order valence-electron chi connectivity index (χ2n) is 5.51. The summed E-state index contributed by atoms with van der Waals surface area (Å²) in [5.41, 5.74) is -2.60. The predicted molar refractivity (Wildman–Crippen MR) is 76.3 cm³/mol. The lowest BCUT2D eigenvalue weighted by Gasteiger charge is -2.04. The maximum absolute atomic E-state index is 13.9. The summed E-state index contributed by atoms with van der Waals surface area (Å²) in [7, 11) is 0. The molecule has 8 heteroatoms. The zero-order valence-electron chi connectivity index (χ0n) is 12.1. The van der Waals surface area contributed by atoms with E-state index in [0.29, 0.717) is 0 Å². The molecule has 0 amide bonds. The summed E-state index contributed by atoms with van der Waals surface area (Å²) >= 11 is 0. The first kappa shape index (κ1) is 15.4. The molecular weight excluding hydrogens is 342 g/mol. The summed E-state index contributed by atoms with van der Waals surface area (Å²) in [5.74, 6) is -13.6. The number of Topliss-reactive ketones (excluding diaryl/α,β-unsaturated/α-hetero) is 3. The molecule has 1 aliphatic heterocycles. The number of aliphatic imine (C=N–C) groups is 1. The number of ketones is 3. The minimum absolute atomic E-state index is 0.118. The number of fused-ring (bicyclic) bond motifs is 2. The van der Waals surface area contributed by atoms with Crippen LogP contribution in [-0.4, -0.2) is 23.1 Å². The standard InChI is InChI=1S/C17H5F4NO3/c18-10-7-8(11(19)13(21)12(10)20)17(25)9(16(7)24)14-15(23)5-3-1-2-4-6(5)22-14/h1-4,9H. The SMILES string of the molecule is O=C1C(C2C(=O)c3c(F)c(F)c(F)c(F)c3C2=O)=Nc2ccccc21. The fourth-order valence-electron chi connectivity index (χ4n) is 3.03. The third kappa shape index (κ3) is 1.81. The van der Waals surface area contributed by atoms with Gasteiger partial charge in [0.25, 0.3) is 0 Å². The fourth-order valence-corrected chi connectivity index (χ4v) is 3.03. The van der Waals surface area contributed by atoms with Gasteiger partial charge in [0, 0.05) is 5.56 Å². The first-order valence-corrected chi connectivity index (χ1v) is 7.01. The summed E-state index contributed by atoms with van der Waals surface area (Å²) in [4.78, 5) is 41.0. The van der Waals surface area contributed by atoms with Gasteiger partial charge in [-0.15, -0.1) is 0 Å². The van der Waals surface area contributed by atoms with Gasteiger partial charge in [-0.3, -0.25) is 14.4 Å². The fraction of sp³-hybridized carbons (Fsp3) is 0.0588. The Kier molecular flexibility index (Phi) is 3.02. The van der Waals surface area contributed by atoms with Crippen molar-refractivity contribution in [2.24, 2.45) is 10.9 Å². The van der Waals surface area contributed by atoms with Crippen LogP contribution >= 0.6 is 0 Å². The molecule has 0 aromatic heterocycles. The highest BCUT2D eigenvalue weighted by atomic mass is 19.2. The van der Waals surface area contributed by atoms with E-state index in [1.807, 2.05) is 0 Å². The zero-order valence-corrected chi connectivity index (χ0v) is 12.1. The number of carbonyl (C=O) groups excluding carboxylic acids is 3. The third-order valence-electron chi connectivity index (χ3n) is 4.18. The molecule has 1 heterocycles. The van der Waals surface area contributed by atoms with E-state index in [-0.39, 0.29) is 11.3 Å². The molecule has 0 spiro atoms. The van der Waals surface area contributed by atoms with E-state index in [9.17, 15) is 31.9 Å². The Bertz CT molecular complexity index is 1010. The van der Waals surface area contributed by atoms with E-state index >= 15 is 0 Å². The Balaban J connectivity index is 1.90. The highest BCUT2D eigenvalue weighted by molar-refractivity contribution is 6.58. The largest absolute Gasteiger partial charge is 0.293 e. The third-order valence-corrected chi connectivity index (χ3v) is 4.18. The zero-order chi connectivity index (χ0) is 18.0. The van der Waals surface area contributed by atoms with Crippen molar-refractivity contribution in [2.45, 2.75) is 0 Å². The number of hydrogen-bond acceptors (Lipinski definition) is 4. The Morgan fingerprint density at radius 2 is 1.28 bits per heavy atom. The number of hydrogen-bond donors (Lipinski definition) is 0. The molecule has 2 aliphatic rings. The van der Waals surface area contributed by atoms with Crippen molar-refractivity contribution in [2.75, 3.05) is 0 Å². The molecular formula is C17H5F4NO3. The van der Waals surface area contributed by atoms with Crippen LogP contribution in [-0.2, 0) is 0 Å². The molecule has 4 rings (SSSR count). The van der Waals surface area contributed by atoms with Crippen LogP contribution in [0.2, 0.25) is 0 Å². The van der Waals surface area contributed by atoms with Gasteiger partial charge in [0.05, 0.1) is 16.8 Å². The highest BCUT2D eigenvalue weighted by Gasteiger charge is 2.50. The smallest absolute Gasteiger partial charge is 0.210 e. The lowest BCUT2D eigenvalue weighted by molar-refractivity contribution is 0.0868. The van der Waals surface area contributed by atoms with Crippen LogP contribution in [0, 0.1) is 29.2 Å². The van der Waals surface area contributed by atoms with Crippen LogP contribution < -0.4 is 0 Å². The molecule has 0 saturated heterocycles. The van der Waals surface area contributed by atoms with Gasteiger partial charge in [-0.2, -0.15) is 0 Å². The van der Waals surface area contributed by atoms with Crippen molar-refractivity contribution in [3.63, 3.8) is 0 Å². The lowest BCUT2D eigenvalue weighted by Crippen LogP contribution is -2.30. The molecule has 0 fully saturated rings. The molecule has 0 unspecified atom stereocenters. The molecule has 0 bridgehead atoms. The van der Waals surface area contributed by atoms with Gasteiger partial charge >= 0.3 is 0 Å². The molecule has 2 aromatic rings. The predicted octanol–water partition coefficient (Wildman–Crippen LogP) is 3.21. The second-order valence-corrected chi connectivity index (χ2v) is 5.51. The van der Waals surface area contributed by atoms with Crippen molar-refractivity contribution in [1.29, 1.82) is 0 Å². The highest BCUT2D eigenvalue weighted by Crippen LogP contribution is 2.38. The summed E-state index contributed by atoms with van der Waals surface area (Å²) in [6.07, 6.45) is 0. The Morgan fingerprint density at radius 1 is 0.760 bits per heavy atom. The quantitative estimate of drug-likeness (QED) is 0.344. The first-order valence-electron chi connectivity index (χ1n) is 7.01. The van der Waals surface area contributed by atoms with E-state index < -0.39 is 63.4 Å². The van der Waals surface area contributed by atoms with Crippen LogP contribution in [0.1, 0.15) is 31.1 Å². The number of benzene rings is 2. The van der Waals surface area contributed by atoms with E-state index in [4.69, 9.17) is 0 Å². The Morgan fingerprint density at radius 3 is 1.80 bits per heavy atom. The number of halogens is 4. The van der Waals surface area contributed by atoms with Gasteiger partial charge in [-0.25, -0.2) is 22.6 Å². The number of para-hydroxylation sites is 1. The molecule has 0 atom stereocenters. The van der Waals surface area contributed by atoms with Crippen molar-refractivity contribution < 1.29 is 31.9 Å². The maximum atomic E-state index is 13.9. The lowest BCUT2D eigenvalue weighted by atomic mass is 9.93. The van der Waals surface area contributed by atoms with Crippen molar-refractivity contribution in [3.05, 3.63) is 64.2 Å². The average Bonchev–Trinajstić information content (AvgIpc) is 3.05. The molecule has 0 N–H and O–H groups in total. The summed E-state index contributed by atoms with van der Waals surface area (Å²) in [6.45, 7) is 0. The molecule has 124 valence electrons. The summed E-state index contributed by atoms with van der Waals surface area (Å²) < 4.78 is 54.6. The van der Waals surface area contributed by atoms with Crippen molar-refractivity contribution in [1.82, 2.24) is 0 Å².